The van der Waals surface area contributed by atoms with Crippen molar-refractivity contribution < 1.29 is 9.53 Å². The van der Waals surface area contributed by atoms with E-state index in [1.807, 2.05) is 55.5 Å². The Hall–Kier alpha value is -2.97. The lowest BCUT2D eigenvalue weighted by Crippen LogP contribution is -2.13. The van der Waals surface area contributed by atoms with Gasteiger partial charge in [-0.25, -0.2) is 9.97 Å². The number of carbonyl (C=O) groups excluding carboxylic acids is 1. The highest BCUT2D eigenvalue weighted by molar-refractivity contribution is 9.10. The van der Waals surface area contributed by atoms with Gasteiger partial charge in [-0.2, -0.15) is 0 Å². The Morgan fingerprint density at radius 3 is 2.50 bits per heavy atom. The Kier molecular flexibility index (Phi) is 6.99. The number of aryl methyl sites for hydroxylation is 1. The number of benzene rings is 3. The van der Waals surface area contributed by atoms with Gasteiger partial charge < -0.3 is 4.74 Å². The average Bonchev–Trinajstić information content (AvgIpc) is 3.22. The lowest BCUT2D eigenvalue weighted by molar-refractivity contribution is 0.102. The average molecular weight is 599 g/mol. The third kappa shape index (κ3) is 4.97. The largest absolute Gasteiger partial charge is 0.497 e. The van der Waals surface area contributed by atoms with Gasteiger partial charge in [-0.1, -0.05) is 39.1 Å². The number of methoxy groups -OCH3 is 1. The molecule has 1 N–H and O–H groups in total. The maximum atomic E-state index is 13.5. The lowest BCUT2D eigenvalue weighted by atomic mass is 10.0. The zero-order valence-electron chi connectivity index (χ0n) is 19.1. The standard InChI is InChI=1S/C27H18BrCl2N3O2S/c1-14-25(19-9-6-17(29)12-22(19)30)32-27(36-14)33-26(34)21-13-24(15-3-7-18(35-2)8-4-15)31-23-10-5-16(28)11-20(21)23/h3-13H,1-2H3,(H,32,33,34). The third-order valence-electron chi connectivity index (χ3n) is 5.60. The summed E-state index contributed by atoms with van der Waals surface area (Å²) in [5, 5.41) is 5.22. The number of pyridine rings is 1. The number of thiazole rings is 1. The number of hydrogen-bond donors (Lipinski definition) is 1. The summed E-state index contributed by atoms with van der Waals surface area (Å²) in [6, 6.07) is 20.3. The van der Waals surface area contributed by atoms with Gasteiger partial charge in [-0.3, -0.25) is 10.1 Å². The van der Waals surface area contributed by atoms with Crippen LogP contribution in [0.1, 0.15) is 15.2 Å². The van der Waals surface area contributed by atoms with Crippen LogP contribution in [-0.4, -0.2) is 23.0 Å². The first kappa shape index (κ1) is 24.7. The number of halogens is 3. The van der Waals surface area contributed by atoms with Crippen LogP contribution < -0.4 is 10.1 Å². The van der Waals surface area contributed by atoms with Crippen LogP contribution in [0.3, 0.4) is 0 Å². The Labute approximate surface area is 230 Å². The molecule has 0 saturated carbocycles. The second-order valence-corrected chi connectivity index (χ2v) is 10.9. The maximum Gasteiger partial charge on any atom is 0.258 e. The highest BCUT2D eigenvalue weighted by Crippen LogP contribution is 2.36. The van der Waals surface area contributed by atoms with Crippen molar-refractivity contribution in [2.45, 2.75) is 6.92 Å². The molecule has 0 unspecified atom stereocenters. The van der Waals surface area contributed by atoms with E-state index in [0.717, 1.165) is 31.6 Å². The van der Waals surface area contributed by atoms with Gasteiger partial charge in [0, 0.05) is 30.9 Å². The molecule has 0 aliphatic heterocycles. The minimum atomic E-state index is -0.280. The van der Waals surface area contributed by atoms with Gasteiger partial charge in [0.25, 0.3) is 5.91 Å². The minimum Gasteiger partial charge on any atom is -0.497 e. The number of aromatic nitrogens is 2. The van der Waals surface area contributed by atoms with Gasteiger partial charge in [0.05, 0.1) is 34.6 Å². The number of nitrogens with one attached hydrogen (secondary N) is 1. The van der Waals surface area contributed by atoms with Crippen LogP contribution in [0.4, 0.5) is 5.13 Å². The first-order chi connectivity index (χ1) is 17.3. The summed E-state index contributed by atoms with van der Waals surface area (Å²) in [5.41, 5.74) is 4.22. The van der Waals surface area contributed by atoms with Crippen molar-refractivity contribution in [3.05, 3.63) is 91.7 Å². The van der Waals surface area contributed by atoms with Crippen LogP contribution in [0, 0.1) is 6.92 Å². The van der Waals surface area contributed by atoms with E-state index >= 15 is 0 Å². The van der Waals surface area contributed by atoms with E-state index < -0.39 is 0 Å². The fraction of sp³-hybridized carbons (Fsp3) is 0.0741. The van der Waals surface area contributed by atoms with Gasteiger partial charge in [-0.15, -0.1) is 11.3 Å². The molecule has 5 rings (SSSR count). The zero-order valence-corrected chi connectivity index (χ0v) is 23.0. The van der Waals surface area contributed by atoms with Crippen molar-refractivity contribution in [1.29, 1.82) is 0 Å². The van der Waals surface area contributed by atoms with Gasteiger partial charge in [0.1, 0.15) is 5.75 Å². The van der Waals surface area contributed by atoms with Crippen LogP contribution >= 0.6 is 50.5 Å². The summed E-state index contributed by atoms with van der Waals surface area (Å²) in [6.07, 6.45) is 0. The number of hydrogen-bond acceptors (Lipinski definition) is 5. The van der Waals surface area contributed by atoms with Gasteiger partial charge in [-0.05, 0) is 73.7 Å². The highest BCUT2D eigenvalue weighted by atomic mass is 79.9. The number of amides is 1. The molecule has 2 heterocycles. The number of ether oxygens (including phenoxy) is 1. The number of rotatable bonds is 5. The van der Waals surface area contributed by atoms with Crippen molar-refractivity contribution in [3.63, 3.8) is 0 Å². The van der Waals surface area contributed by atoms with E-state index in [1.54, 1.807) is 25.3 Å². The molecular weight excluding hydrogens is 581 g/mol. The molecule has 0 fully saturated rings. The smallest absolute Gasteiger partial charge is 0.258 e. The van der Waals surface area contributed by atoms with E-state index in [4.69, 9.17) is 32.9 Å². The summed E-state index contributed by atoms with van der Waals surface area (Å²) in [4.78, 5) is 23.9. The van der Waals surface area contributed by atoms with Crippen molar-refractivity contribution in [1.82, 2.24) is 9.97 Å². The lowest BCUT2D eigenvalue weighted by Gasteiger charge is -2.10. The molecule has 5 aromatic rings. The van der Waals surface area contributed by atoms with Gasteiger partial charge in [0.2, 0.25) is 0 Å². The van der Waals surface area contributed by atoms with Crippen LogP contribution in [0.5, 0.6) is 5.75 Å². The Morgan fingerprint density at radius 2 is 1.78 bits per heavy atom. The predicted octanol–water partition coefficient (Wildman–Crippen LogP) is 8.66. The van der Waals surface area contributed by atoms with Crippen molar-refractivity contribution in [2.75, 3.05) is 12.4 Å². The molecule has 9 heteroatoms. The summed E-state index contributed by atoms with van der Waals surface area (Å²) in [5.74, 6) is 0.468. The van der Waals surface area contributed by atoms with E-state index in [2.05, 4.69) is 26.2 Å². The van der Waals surface area contributed by atoms with E-state index in [9.17, 15) is 4.79 Å². The predicted molar refractivity (Wildman–Crippen MR) is 152 cm³/mol. The molecule has 1 amide bonds. The molecule has 36 heavy (non-hydrogen) atoms. The Bertz CT molecular complexity index is 1620. The fourth-order valence-corrected chi connectivity index (χ4v) is 5.52. The van der Waals surface area contributed by atoms with Crippen LogP contribution in [-0.2, 0) is 0 Å². The third-order valence-corrected chi connectivity index (χ3v) is 7.53. The van der Waals surface area contributed by atoms with Gasteiger partial charge in [0.15, 0.2) is 5.13 Å². The minimum absolute atomic E-state index is 0.280. The maximum absolute atomic E-state index is 13.5. The summed E-state index contributed by atoms with van der Waals surface area (Å²) < 4.78 is 6.12. The Morgan fingerprint density at radius 1 is 1.00 bits per heavy atom. The van der Waals surface area contributed by atoms with E-state index in [1.165, 1.54) is 11.3 Å². The highest BCUT2D eigenvalue weighted by Gasteiger charge is 2.19. The molecule has 0 spiro atoms. The SMILES string of the molecule is COc1ccc(-c2cc(C(=O)Nc3nc(-c4ccc(Cl)cc4Cl)c(C)s3)c3cc(Br)ccc3n2)cc1. The molecule has 5 nitrogen and oxygen atoms in total. The van der Waals surface area contributed by atoms with Crippen LogP contribution in [0.25, 0.3) is 33.4 Å². The number of fused-ring (bicyclic) bond motifs is 1. The molecule has 0 aliphatic carbocycles. The zero-order chi connectivity index (χ0) is 25.4. The topological polar surface area (TPSA) is 64.1 Å². The van der Waals surface area contributed by atoms with E-state index in [-0.39, 0.29) is 5.91 Å². The molecule has 0 atom stereocenters. The Balaban J connectivity index is 1.53. The molecular formula is C27H18BrCl2N3O2S. The fourth-order valence-electron chi connectivity index (χ4n) is 3.84. The summed E-state index contributed by atoms with van der Waals surface area (Å²) in [6.45, 7) is 1.94. The summed E-state index contributed by atoms with van der Waals surface area (Å²) >= 11 is 17.3. The van der Waals surface area contributed by atoms with Crippen molar-refractivity contribution in [2.24, 2.45) is 0 Å². The summed E-state index contributed by atoms with van der Waals surface area (Å²) in [7, 11) is 1.62. The van der Waals surface area contributed by atoms with Crippen molar-refractivity contribution >= 4 is 72.4 Å². The normalized spacial score (nSPS) is 11.0. The molecule has 180 valence electrons. The monoisotopic (exact) mass is 597 g/mol. The molecule has 0 bridgehead atoms. The van der Waals surface area contributed by atoms with E-state index in [0.29, 0.717) is 37.6 Å². The number of carbonyl (C=O) groups is 1. The second-order valence-electron chi connectivity index (χ2n) is 7.95. The number of nitrogens with zero attached hydrogens (tertiary/aromatic N) is 2. The second kappa shape index (κ2) is 10.2. The molecule has 0 radical (unpaired) electrons. The van der Waals surface area contributed by atoms with Gasteiger partial charge >= 0.3 is 0 Å². The first-order valence-electron chi connectivity index (χ1n) is 10.8. The number of anilines is 1. The molecule has 0 saturated heterocycles. The first-order valence-corrected chi connectivity index (χ1v) is 13.2. The molecule has 3 aromatic carbocycles. The molecule has 0 aliphatic rings. The quantitative estimate of drug-likeness (QED) is 0.220. The van der Waals surface area contributed by atoms with Crippen molar-refractivity contribution in [3.8, 4) is 28.3 Å². The van der Waals surface area contributed by atoms with Crippen LogP contribution in [0.15, 0.2) is 71.2 Å². The van der Waals surface area contributed by atoms with Crippen LogP contribution in [0.2, 0.25) is 10.0 Å². The molecule has 2 aromatic heterocycles.